The molecule has 9 unspecified atom stereocenters. The zero-order chi connectivity index (χ0) is 25.5. The van der Waals surface area contributed by atoms with Crippen LogP contribution in [0.3, 0.4) is 0 Å². The van der Waals surface area contributed by atoms with E-state index in [2.05, 4.69) is 21.2 Å². The molecular formula is C20H35ClN3O8PS. The van der Waals surface area contributed by atoms with Gasteiger partial charge in [0.25, 0.3) is 0 Å². The number of alkyl halides is 1. The molecule has 34 heavy (non-hydrogen) atoms. The molecular weight excluding hydrogens is 509 g/mol. The summed E-state index contributed by atoms with van der Waals surface area (Å²) in [5.74, 6) is 0.128. The van der Waals surface area contributed by atoms with Crippen molar-refractivity contribution in [1.29, 1.82) is 5.26 Å². The lowest BCUT2D eigenvalue weighted by molar-refractivity contribution is -0.201. The SMILES string of the molecule is CSC1OC(C(NC(=O)C2CCC(CCCC#N)CCN2)C(C)Cl)C(O)C(O)C1OP(=O)(O)O. The molecule has 2 rings (SSSR count). The lowest BCUT2D eigenvalue weighted by Crippen LogP contribution is -2.65. The zero-order valence-electron chi connectivity index (χ0n) is 19.2. The number of nitrogens with zero attached hydrogens (tertiary/aromatic N) is 1. The number of ether oxygens (including phenoxy) is 1. The van der Waals surface area contributed by atoms with Crippen LogP contribution in [-0.4, -0.2) is 86.0 Å². The van der Waals surface area contributed by atoms with Gasteiger partial charge in [-0.25, -0.2) is 4.57 Å². The Hall–Kier alpha value is -0.450. The number of aliphatic hydroxyl groups is 2. The van der Waals surface area contributed by atoms with Crippen LogP contribution in [0.1, 0.15) is 45.4 Å². The van der Waals surface area contributed by atoms with Crippen LogP contribution in [0.15, 0.2) is 0 Å². The number of phosphoric ester groups is 1. The van der Waals surface area contributed by atoms with Gasteiger partial charge in [-0.2, -0.15) is 5.26 Å². The Morgan fingerprint density at radius 2 is 2.06 bits per heavy atom. The number of aliphatic hydroxyl groups excluding tert-OH is 2. The summed E-state index contributed by atoms with van der Waals surface area (Å²) in [5.41, 5.74) is -1.02. The fourth-order valence-electron chi connectivity index (χ4n) is 4.44. The van der Waals surface area contributed by atoms with Crippen molar-refractivity contribution in [2.24, 2.45) is 5.92 Å². The highest BCUT2D eigenvalue weighted by Gasteiger charge is 2.51. The van der Waals surface area contributed by atoms with Crippen molar-refractivity contribution < 1.29 is 38.6 Å². The van der Waals surface area contributed by atoms with Crippen molar-refractivity contribution in [2.45, 2.75) is 92.8 Å². The van der Waals surface area contributed by atoms with Gasteiger partial charge in [0.05, 0.1) is 23.5 Å². The van der Waals surface area contributed by atoms with Gasteiger partial charge < -0.3 is 35.4 Å². The number of carbonyl (C=O) groups excluding carboxylic acids is 1. The van der Waals surface area contributed by atoms with E-state index in [1.165, 1.54) is 0 Å². The molecule has 2 heterocycles. The monoisotopic (exact) mass is 543 g/mol. The van der Waals surface area contributed by atoms with Gasteiger partial charge in [0.15, 0.2) is 0 Å². The van der Waals surface area contributed by atoms with Gasteiger partial charge in [-0.1, -0.05) is 0 Å². The quantitative estimate of drug-likeness (QED) is 0.130. The lowest BCUT2D eigenvalue weighted by Gasteiger charge is -2.45. The Balaban J connectivity index is 2.06. The van der Waals surface area contributed by atoms with Gasteiger partial charge in [0.1, 0.15) is 29.9 Å². The highest BCUT2D eigenvalue weighted by molar-refractivity contribution is 7.99. The highest BCUT2D eigenvalue weighted by Crippen LogP contribution is 2.43. The fraction of sp³-hybridized carbons (Fsp3) is 0.900. The van der Waals surface area contributed by atoms with Crippen molar-refractivity contribution in [3.8, 4) is 6.07 Å². The van der Waals surface area contributed by atoms with E-state index < -0.39 is 55.1 Å². The van der Waals surface area contributed by atoms with Crippen molar-refractivity contribution in [2.75, 3.05) is 12.8 Å². The number of carbonyl (C=O) groups is 1. The van der Waals surface area contributed by atoms with E-state index in [4.69, 9.17) is 31.4 Å². The number of amides is 1. The molecule has 9 atom stereocenters. The molecule has 0 aromatic carbocycles. The number of unbranched alkanes of at least 4 members (excludes halogenated alkanes) is 1. The van der Waals surface area contributed by atoms with Crippen LogP contribution in [0.25, 0.3) is 0 Å². The maximum Gasteiger partial charge on any atom is 0.470 e. The molecule has 14 heteroatoms. The van der Waals surface area contributed by atoms with Crippen LogP contribution in [0.2, 0.25) is 0 Å². The number of hydrogen-bond acceptors (Lipinski definition) is 9. The minimum atomic E-state index is -4.96. The summed E-state index contributed by atoms with van der Waals surface area (Å²) in [6.45, 7) is 2.28. The molecule has 2 aliphatic heterocycles. The minimum absolute atomic E-state index is 0.310. The van der Waals surface area contributed by atoms with Crippen LogP contribution in [0, 0.1) is 17.2 Å². The molecule has 2 aliphatic rings. The third kappa shape index (κ3) is 8.59. The third-order valence-electron chi connectivity index (χ3n) is 6.26. The topological polar surface area (TPSA) is 181 Å². The minimum Gasteiger partial charge on any atom is -0.388 e. The molecule has 0 aromatic rings. The Morgan fingerprint density at radius 3 is 2.65 bits per heavy atom. The summed E-state index contributed by atoms with van der Waals surface area (Å²) in [4.78, 5) is 31.4. The molecule has 0 spiro atoms. The van der Waals surface area contributed by atoms with Gasteiger partial charge in [0.2, 0.25) is 5.91 Å². The van der Waals surface area contributed by atoms with Gasteiger partial charge in [-0.05, 0) is 57.7 Å². The van der Waals surface area contributed by atoms with Crippen molar-refractivity contribution in [1.82, 2.24) is 10.6 Å². The van der Waals surface area contributed by atoms with Gasteiger partial charge in [-0.3, -0.25) is 9.32 Å². The second-order valence-electron chi connectivity index (χ2n) is 8.75. The molecule has 11 nitrogen and oxygen atoms in total. The van der Waals surface area contributed by atoms with E-state index in [-0.39, 0.29) is 5.91 Å². The van der Waals surface area contributed by atoms with E-state index in [9.17, 15) is 19.6 Å². The number of halogens is 1. The van der Waals surface area contributed by atoms with Gasteiger partial charge in [0, 0.05) is 6.42 Å². The first-order valence-corrected chi connectivity index (χ1v) is 14.6. The first-order valence-electron chi connectivity index (χ1n) is 11.3. The van der Waals surface area contributed by atoms with E-state index >= 15 is 0 Å². The Morgan fingerprint density at radius 1 is 1.35 bits per heavy atom. The van der Waals surface area contributed by atoms with Crippen LogP contribution in [0.4, 0.5) is 0 Å². The largest absolute Gasteiger partial charge is 0.470 e. The molecule has 0 saturated carbocycles. The molecule has 2 fully saturated rings. The summed E-state index contributed by atoms with van der Waals surface area (Å²) in [7, 11) is -4.96. The van der Waals surface area contributed by atoms with E-state index in [1.54, 1.807) is 13.2 Å². The number of thioether (sulfide) groups is 1. The highest BCUT2D eigenvalue weighted by atomic mass is 35.5. The van der Waals surface area contributed by atoms with E-state index in [1.807, 2.05) is 0 Å². The Bertz CT molecular complexity index is 752. The van der Waals surface area contributed by atoms with Crippen LogP contribution >= 0.6 is 31.2 Å². The predicted molar refractivity (Wildman–Crippen MR) is 127 cm³/mol. The standard InChI is InChI=1S/C20H35ClN3O8PS/c1-11(21)14(17-15(25)16(26)18(20(31-17)34-2)32-33(28,29)30)24-19(27)13-7-6-12(8-10-23-13)5-3-4-9-22/h11-18,20,23,25-26H,3-8,10H2,1-2H3,(H,24,27)(H2,28,29,30). The number of phosphoric acid groups is 1. The summed E-state index contributed by atoms with van der Waals surface area (Å²) in [6.07, 6.45) is 0.363. The molecule has 2 saturated heterocycles. The van der Waals surface area contributed by atoms with Crippen LogP contribution in [0.5, 0.6) is 0 Å². The van der Waals surface area contributed by atoms with Crippen molar-refractivity contribution in [3.05, 3.63) is 0 Å². The zero-order valence-corrected chi connectivity index (χ0v) is 21.7. The Labute approximate surface area is 209 Å². The maximum absolute atomic E-state index is 13.1. The normalized spacial score (nSPS) is 34.5. The summed E-state index contributed by atoms with van der Waals surface area (Å²) in [6, 6.07) is 0.796. The molecule has 0 bridgehead atoms. The summed E-state index contributed by atoms with van der Waals surface area (Å²) >= 11 is 7.38. The number of nitriles is 1. The lowest BCUT2D eigenvalue weighted by atomic mass is 9.92. The fourth-order valence-corrected chi connectivity index (χ4v) is 6.00. The number of hydrogen-bond donors (Lipinski definition) is 6. The first kappa shape index (κ1) is 29.8. The average Bonchev–Trinajstić information content (AvgIpc) is 3.01. The number of nitrogens with one attached hydrogen (secondary N) is 2. The second kappa shape index (κ2) is 13.7. The second-order valence-corrected chi connectivity index (χ2v) is 11.6. The molecule has 0 aliphatic carbocycles. The van der Waals surface area contributed by atoms with E-state index in [0.29, 0.717) is 25.3 Å². The Kier molecular flexibility index (Phi) is 12.0. The summed E-state index contributed by atoms with van der Waals surface area (Å²) in [5, 5.41) is 35.3. The van der Waals surface area contributed by atoms with E-state index in [0.717, 1.165) is 37.4 Å². The molecule has 0 aromatic heterocycles. The smallest absolute Gasteiger partial charge is 0.388 e. The molecule has 196 valence electrons. The average molecular weight is 544 g/mol. The predicted octanol–water partition coefficient (Wildman–Crippen LogP) is 0.838. The van der Waals surface area contributed by atoms with Crippen LogP contribution < -0.4 is 10.6 Å². The van der Waals surface area contributed by atoms with Gasteiger partial charge in [-0.15, -0.1) is 23.4 Å². The summed E-state index contributed by atoms with van der Waals surface area (Å²) < 4.78 is 21.8. The van der Waals surface area contributed by atoms with Crippen molar-refractivity contribution in [3.63, 3.8) is 0 Å². The first-order chi connectivity index (χ1) is 16.0. The molecule has 6 N–H and O–H groups in total. The van der Waals surface area contributed by atoms with Crippen LogP contribution in [-0.2, 0) is 18.6 Å². The molecule has 0 radical (unpaired) electrons. The third-order valence-corrected chi connectivity index (χ3v) is 7.89. The molecule has 1 amide bonds. The maximum atomic E-state index is 13.1. The van der Waals surface area contributed by atoms with Crippen molar-refractivity contribution >= 4 is 37.1 Å². The van der Waals surface area contributed by atoms with Gasteiger partial charge >= 0.3 is 7.82 Å². The number of rotatable bonds is 10.